The number of rotatable bonds is 8. The van der Waals surface area contributed by atoms with E-state index in [0.717, 1.165) is 0 Å². The van der Waals surface area contributed by atoms with Gasteiger partial charge in [-0.25, -0.2) is 4.79 Å². The number of carbonyl (C=O) groups excluding carboxylic acids is 2. The van der Waals surface area contributed by atoms with Gasteiger partial charge >= 0.3 is 5.97 Å². The summed E-state index contributed by atoms with van der Waals surface area (Å²) in [5.74, 6) is -0.132. The van der Waals surface area contributed by atoms with Crippen molar-refractivity contribution in [1.82, 2.24) is 0 Å². The average molecular weight is 392 g/mol. The molecule has 0 bridgehead atoms. The molecule has 1 N–H and O–H groups in total. The van der Waals surface area contributed by atoms with Crippen molar-refractivity contribution in [3.63, 3.8) is 0 Å². The highest BCUT2D eigenvalue weighted by Gasteiger charge is 2.18. The molecule has 0 saturated heterocycles. The number of ether oxygens (including phenoxy) is 3. The summed E-state index contributed by atoms with van der Waals surface area (Å²) in [5.41, 5.74) is 0.788. The molecule has 1 amide bonds. The molecule has 0 saturated carbocycles. The van der Waals surface area contributed by atoms with Crippen LogP contribution < -0.4 is 14.8 Å². The van der Waals surface area contributed by atoms with Crippen LogP contribution in [0.5, 0.6) is 11.5 Å². The van der Waals surface area contributed by atoms with Crippen LogP contribution in [0.3, 0.4) is 0 Å². The second-order valence-electron chi connectivity index (χ2n) is 6.18. The van der Waals surface area contributed by atoms with Crippen LogP contribution in [0.25, 0.3) is 0 Å². The van der Waals surface area contributed by atoms with Crippen molar-refractivity contribution in [2.75, 3.05) is 25.6 Å². The van der Waals surface area contributed by atoms with Crippen LogP contribution in [-0.2, 0) is 9.53 Å². The molecule has 0 fully saturated rings. The van der Waals surface area contributed by atoms with E-state index < -0.39 is 18.5 Å². The second kappa shape index (κ2) is 9.83. The Morgan fingerprint density at radius 3 is 2.48 bits per heavy atom. The van der Waals surface area contributed by atoms with Gasteiger partial charge in [0, 0.05) is 5.69 Å². The van der Waals surface area contributed by atoms with Crippen LogP contribution in [0.4, 0.5) is 5.69 Å². The molecule has 0 aliphatic carbocycles. The smallest absolute Gasteiger partial charge is 0.338 e. The van der Waals surface area contributed by atoms with Gasteiger partial charge in [-0.15, -0.1) is 0 Å². The van der Waals surface area contributed by atoms with Crippen molar-refractivity contribution in [3.05, 3.63) is 53.1 Å². The van der Waals surface area contributed by atoms with Crippen molar-refractivity contribution in [2.24, 2.45) is 5.92 Å². The molecule has 2 aromatic rings. The SMILES string of the molecule is COc1cc(C(=O)OCC(=O)Nc2ccccc2)cc(Cl)c1OCC(C)C. The Bertz CT molecular complexity index is 792. The molecule has 144 valence electrons. The summed E-state index contributed by atoms with van der Waals surface area (Å²) in [4.78, 5) is 24.1. The van der Waals surface area contributed by atoms with Gasteiger partial charge in [0.2, 0.25) is 0 Å². The zero-order valence-corrected chi connectivity index (χ0v) is 16.2. The predicted octanol–water partition coefficient (Wildman–Crippen LogP) is 4.18. The maximum Gasteiger partial charge on any atom is 0.338 e. The summed E-state index contributed by atoms with van der Waals surface area (Å²) in [5, 5.41) is 2.86. The first-order valence-electron chi connectivity index (χ1n) is 8.43. The van der Waals surface area contributed by atoms with Gasteiger partial charge in [0.05, 0.1) is 24.3 Å². The summed E-state index contributed by atoms with van der Waals surface area (Å²) in [6.07, 6.45) is 0. The van der Waals surface area contributed by atoms with E-state index >= 15 is 0 Å². The number of methoxy groups -OCH3 is 1. The van der Waals surface area contributed by atoms with Crippen molar-refractivity contribution in [3.8, 4) is 11.5 Å². The van der Waals surface area contributed by atoms with E-state index in [2.05, 4.69) is 5.32 Å². The molecular weight excluding hydrogens is 370 g/mol. The Labute approximate surface area is 163 Å². The Morgan fingerprint density at radius 1 is 1.15 bits per heavy atom. The minimum atomic E-state index is -0.686. The lowest BCUT2D eigenvalue weighted by atomic mass is 10.2. The lowest BCUT2D eigenvalue weighted by Crippen LogP contribution is -2.21. The molecule has 6 nitrogen and oxygen atoms in total. The number of benzene rings is 2. The molecule has 0 aromatic heterocycles. The molecular formula is C20H22ClNO5. The van der Waals surface area contributed by atoms with Gasteiger partial charge in [-0.05, 0) is 30.2 Å². The van der Waals surface area contributed by atoms with Gasteiger partial charge in [-0.1, -0.05) is 43.6 Å². The fourth-order valence-electron chi connectivity index (χ4n) is 2.16. The number of hydrogen-bond acceptors (Lipinski definition) is 5. The van der Waals surface area contributed by atoms with Crippen LogP contribution in [0.15, 0.2) is 42.5 Å². The zero-order chi connectivity index (χ0) is 19.8. The highest BCUT2D eigenvalue weighted by molar-refractivity contribution is 6.32. The van der Waals surface area contributed by atoms with Crippen LogP contribution in [0.2, 0.25) is 5.02 Å². The summed E-state index contributed by atoms with van der Waals surface area (Å²) in [6.45, 7) is 4.05. The van der Waals surface area contributed by atoms with E-state index in [1.165, 1.54) is 19.2 Å². The molecule has 27 heavy (non-hydrogen) atoms. The van der Waals surface area contributed by atoms with Crippen LogP contribution in [-0.4, -0.2) is 32.2 Å². The minimum absolute atomic E-state index is 0.168. The topological polar surface area (TPSA) is 73.9 Å². The van der Waals surface area contributed by atoms with Gasteiger partial charge in [-0.3, -0.25) is 4.79 Å². The summed E-state index contributed by atoms with van der Waals surface area (Å²) in [7, 11) is 1.45. The highest BCUT2D eigenvalue weighted by Crippen LogP contribution is 2.36. The van der Waals surface area contributed by atoms with Crippen LogP contribution >= 0.6 is 11.6 Å². The Morgan fingerprint density at radius 2 is 1.85 bits per heavy atom. The lowest BCUT2D eigenvalue weighted by molar-refractivity contribution is -0.119. The zero-order valence-electron chi connectivity index (χ0n) is 15.5. The number of para-hydroxylation sites is 1. The Kier molecular flexibility index (Phi) is 7.49. The quantitative estimate of drug-likeness (QED) is 0.683. The van der Waals surface area contributed by atoms with Crippen LogP contribution in [0.1, 0.15) is 24.2 Å². The third-order valence-electron chi connectivity index (χ3n) is 3.42. The maximum absolute atomic E-state index is 12.2. The fraction of sp³-hybridized carbons (Fsp3) is 0.300. The first-order valence-corrected chi connectivity index (χ1v) is 8.81. The highest BCUT2D eigenvalue weighted by atomic mass is 35.5. The van der Waals surface area contributed by atoms with Crippen molar-refractivity contribution < 1.29 is 23.8 Å². The van der Waals surface area contributed by atoms with E-state index in [9.17, 15) is 9.59 Å². The van der Waals surface area contributed by atoms with Crippen molar-refractivity contribution >= 4 is 29.2 Å². The first-order chi connectivity index (χ1) is 12.9. The minimum Gasteiger partial charge on any atom is -0.493 e. The molecule has 7 heteroatoms. The lowest BCUT2D eigenvalue weighted by Gasteiger charge is -2.15. The normalized spacial score (nSPS) is 10.4. The molecule has 0 atom stereocenters. The largest absolute Gasteiger partial charge is 0.493 e. The van der Waals surface area contributed by atoms with E-state index in [1.807, 2.05) is 19.9 Å². The Hall–Kier alpha value is -2.73. The molecule has 2 aromatic carbocycles. The third-order valence-corrected chi connectivity index (χ3v) is 3.70. The maximum atomic E-state index is 12.2. The van der Waals surface area contributed by atoms with Gasteiger partial charge in [0.1, 0.15) is 0 Å². The summed E-state index contributed by atoms with van der Waals surface area (Å²) in [6, 6.07) is 11.8. The number of nitrogens with one attached hydrogen (secondary N) is 1. The van der Waals surface area contributed by atoms with Crippen molar-refractivity contribution in [1.29, 1.82) is 0 Å². The monoisotopic (exact) mass is 391 g/mol. The summed E-state index contributed by atoms with van der Waals surface area (Å²) < 4.78 is 16.0. The van der Waals surface area contributed by atoms with E-state index in [0.29, 0.717) is 29.7 Å². The Balaban J connectivity index is 2.01. The molecule has 0 spiro atoms. The standard InChI is InChI=1S/C20H22ClNO5/c1-13(2)11-26-19-16(21)9-14(10-17(19)25-3)20(24)27-12-18(23)22-15-7-5-4-6-8-15/h4-10,13H,11-12H2,1-3H3,(H,22,23). The van der Waals surface area contributed by atoms with E-state index in [4.69, 9.17) is 25.8 Å². The predicted molar refractivity (Wildman–Crippen MR) is 104 cm³/mol. The third kappa shape index (κ3) is 6.18. The van der Waals surface area contributed by atoms with Crippen LogP contribution in [0, 0.1) is 5.92 Å². The molecule has 0 unspecified atom stereocenters. The molecule has 0 aliphatic rings. The van der Waals surface area contributed by atoms with Gasteiger partial charge < -0.3 is 19.5 Å². The van der Waals surface area contributed by atoms with Gasteiger partial charge in [0.25, 0.3) is 5.91 Å². The number of amides is 1. The first kappa shape index (κ1) is 20.6. The number of carbonyl (C=O) groups is 2. The van der Waals surface area contributed by atoms with E-state index in [1.54, 1.807) is 24.3 Å². The summed E-state index contributed by atoms with van der Waals surface area (Å²) >= 11 is 6.22. The second-order valence-corrected chi connectivity index (χ2v) is 6.59. The number of halogens is 1. The molecule has 0 heterocycles. The number of esters is 1. The molecule has 0 radical (unpaired) electrons. The van der Waals surface area contributed by atoms with Gasteiger partial charge in [-0.2, -0.15) is 0 Å². The molecule has 0 aliphatic heterocycles. The van der Waals surface area contributed by atoms with Crippen molar-refractivity contribution in [2.45, 2.75) is 13.8 Å². The average Bonchev–Trinajstić information content (AvgIpc) is 2.65. The molecule has 2 rings (SSSR count). The number of anilines is 1. The fourth-order valence-corrected chi connectivity index (χ4v) is 2.43. The van der Waals surface area contributed by atoms with Gasteiger partial charge in [0.15, 0.2) is 18.1 Å². The number of hydrogen-bond donors (Lipinski definition) is 1. The van der Waals surface area contributed by atoms with E-state index in [-0.39, 0.29) is 10.6 Å².